The maximum Gasteiger partial charge on any atom is 0.416 e. The van der Waals surface area contributed by atoms with E-state index in [4.69, 9.17) is 4.74 Å². The van der Waals surface area contributed by atoms with Gasteiger partial charge in [-0.05, 0) is 67.3 Å². The highest BCUT2D eigenvalue weighted by Crippen LogP contribution is 2.42. The molecule has 2 aliphatic rings. The van der Waals surface area contributed by atoms with E-state index in [1.54, 1.807) is 21.9 Å². The number of halogens is 6. The normalized spacial score (nSPS) is 20.6. The van der Waals surface area contributed by atoms with Crippen molar-refractivity contribution in [2.24, 2.45) is 0 Å². The molecule has 4 rings (SSSR count). The number of ether oxygens (including phenoxy) is 1. The van der Waals surface area contributed by atoms with Crippen LogP contribution >= 0.6 is 0 Å². The van der Waals surface area contributed by atoms with Gasteiger partial charge in [-0.25, -0.2) is 4.79 Å². The van der Waals surface area contributed by atoms with Crippen molar-refractivity contribution in [2.75, 3.05) is 27.2 Å². The molecule has 0 bridgehead atoms. The van der Waals surface area contributed by atoms with Crippen LogP contribution in [0.2, 0.25) is 0 Å². The predicted molar refractivity (Wildman–Crippen MR) is 130 cm³/mol. The van der Waals surface area contributed by atoms with Gasteiger partial charge in [0.15, 0.2) is 0 Å². The van der Waals surface area contributed by atoms with Gasteiger partial charge in [0.1, 0.15) is 5.75 Å². The second kappa shape index (κ2) is 10.3. The van der Waals surface area contributed by atoms with Crippen LogP contribution in [0, 0.1) is 6.92 Å². The molecule has 12 heteroatoms. The van der Waals surface area contributed by atoms with Crippen LogP contribution in [-0.4, -0.2) is 59.9 Å². The molecule has 2 aromatic carbocycles. The number of urea groups is 1. The van der Waals surface area contributed by atoms with Gasteiger partial charge in [0, 0.05) is 26.6 Å². The van der Waals surface area contributed by atoms with Crippen molar-refractivity contribution in [1.29, 1.82) is 0 Å². The Morgan fingerprint density at radius 3 is 2.18 bits per heavy atom. The monoisotopic (exact) mass is 557 g/mol. The fourth-order valence-corrected chi connectivity index (χ4v) is 5.45. The van der Waals surface area contributed by atoms with Gasteiger partial charge in [-0.3, -0.25) is 4.79 Å². The van der Waals surface area contributed by atoms with Crippen LogP contribution in [0.25, 0.3) is 0 Å². The molecular weight excluding hydrogens is 528 g/mol. The molecule has 2 heterocycles. The molecular formula is C27H29F6N3O3. The maximum absolute atomic E-state index is 13.8. The first kappa shape index (κ1) is 28.6. The third-order valence-corrected chi connectivity index (χ3v) is 7.67. The highest BCUT2D eigenvalue weighted by molar-refractivity contribution is 5.81. The number of benzene rings is 2. The minimum atomic E-state index is -5.00. The van der Waals surface area contributed by atoms with Crippen molar-refractivity contribution < 1.29 is 40.7 Å². The molecule has 0 radical (unpaired) electrons. The summed E-state index contributed by atoms with van der Waals surface area (Å²) in [5, 5.41) is 0. The zero-order chi connectivity index (χ0) is 28.9. The lowest BCUT2D eigenvalue weighted by molar-refractivity contribution is -0.143. The van der Waals surface area contributed by atoms with Gasteiger partial charge in [0.05, 0.1) is 36.4 Å². The Morgan fingerprint density at radius 2 is 1.64 bits per heavy atom. The Labute approximate surface area is 222 Å². The van der Waals surface area contributed by atoms with Crippen LogP contribution in [-0.2, 0) is 17.1 Å². The van der Waals surface area contributed by atoms with E-state index < -0.39 is 41.6 Å². The number of carbonyl (C=O) groups is 2. The van der Waals surface area contributed by atoms with Crippen molar-refractivity contribution in [3.8, 4) is 5.75 Å². The van der Waals surface area contributed by atoms with Crippen LogP contribution in [0.4, 0.5) is 31.1 Å². The van der Waals surface area contributed by atoms with E-state index in [9.17, 15) is 35.9 Å². The van der Waals surface area contributed by atoms with E-state index >= 15 is 0 Å². The Kier molecular flexibility index (Phi) is 7.52. The van der Waals surface area contributed by atoms with Crippen LogP contribution in [0.1, 0.15) is 59.7 Å². The zero-order valence-corrected chi connectivity index (χ0v) is 21.9. The minimum absolute atomic E-state index is 0.0198. The third kappa shape index (κ3) is 5.51. The number of amides is 3. The van der Waals surface area contributed by atoms with Crippen molar-refractivity contribution in [3.05, 3.63) is 64.2 Å². The number of methoxy groups -OCH3 is 1. The molecule has 2 fully saturated rings. The summed E-state index contributed by atoms with van der Waals surface area (Å²) in [5.41, 5.74) is -1.57. The van der Waals surface area contributed by atoms with Gasteiger partial charge in [0.25, 0.3) is 0 Å². The molecule has 39 heavy (non-hydrogen) atoms. The lowest BCUT2D eigenvalue weighted by Crippen LogP contribution is -2.57. The number of alkyl halides is 6. The van der Waals surface area contributed by atoms with Crippen molar-refractivity contribution >= 4 is 11.9 Å². The molecule has 0 spiro atoms. The zero-order valence-electron chi connectivity index (χ0n) is 21.9. The van der Waals surface area contributed by atoms with E-state index in [1.165, 1.54) is 21.1 Å². The first-order valence-electron chi connectivity index (χ1n) is 12.4. The standard InChI is InChI=1S/C27H29F6N3O3/c1-15-11-20(39-4)5-6-21(15)24-22-7-8-23(37)35(22)9-10-36(24)25(38)34(3)16(2)17-12-18(26(28,29)30)14-19(13-17)27(31,32)33/h5-6,11-14,16,22,24H,7-10H2,1-4H3/t16-,22+,24+/m1/s1. The lowest BCUT2D eigenvalue weighted by Gasteiger charge is -2.47. The molecule has 0 aliphatic carbocycles. The Balaban J connectivity index is 1.71. The Morgan fingerprint density at radius 1 is 1.03 bits per heavy atom. The summed E-state index contributed by atoms with van der Waals surface area (Å²) in [6.07, 6.45) is -9.16. The number of hydrogen-bond acceptors (Lipinski definition) is 3. The molecule has 3 amide bonds. The number of rotatable bonds is 4. The fourth-order valence-electron chi connectivity index (χ4n) is 5.45. The summed E-state index contributed by atoms with van der Waals surface area (Å²) < 4.78 is 85.9. The lowest BCUT2D eigenvalue weighted by atomic mass is 9.90. The number of aryl methyl sites for hydroxylation is 1. The first-order valence-corrected chi connectivity index (χ1v) is 12.4. The van der Waals surface area contributed by atoms with Gasteiger partial charge < -0.3 is 19.4 Å². The Hall–Kier alpha value is -3.44. The van der Waals surface area contributed by atoms with Crippen molar-refractivity contribution in [1.82, 2.24) is 14.7 Å². The maximum atomic E-state index is 13.8. The highest BCUT2D eigenvalue weighted by Gasteiger charge is 2.46. The summed E-state index contributed by atoms with van der Waals surface area (Å²) >= 11 is 0. The summed E-state index contributed by atoms with van der Waals surface area (Å²) in [6, 6.07) is 4.19. The molecule has 3 atom stereocenters. The molecule has 212 valence electrons. The molecule has 0 N–H and O–H groups in total. The molecule has 0 saturated carbocycles. The fraction of sp³-hybridized carbons (Fsp3) is 0.481. The predicted octanol–water partition coefficient (Wildman–Crippen LogP) is 6.20. The largest absolute Gasteiger partial charge is 0.497 e. The molecule has 2 aromatic rings. The SMILES string of the molecule is COc1ccc([C@H]2[C@@H]3CCC(=O)N3CCN2C(=O)N(C)[C@H](C)c2cc(C(F)(F)F)cc(C(F)(F)F)c2)c(C)c1. The first-order chi connectivity index (χ1) is 18.1. The van der Waals surface area contributed by atoms with E-state index in [0.717, 1.165) is 16.0 Å². The Bertz CT molecular complexity index is 1230. The van der Waals surface area contributed by atoms with Crippen LogP contribution < -0.4 is 4.74 Å². The van der Waals surface area contributed by atoms with Crippen LogP contribution in [0.3, 0.4) is 0 Å². The average molecular weight is 558 g/mol. The second-order valence-corrected chi connectivity index (χ2v) is 9.96. The molecule has 2 saturated heterocycles. The average Bonchev–Trinajstić information content (AvgIpc) is 3.26. The molecule has 0 aromatic heterocycles. The van der Waals surface area contributed by atoms with Crippen molar-refractivity contribution in [3.63, 3.8) is 0 Å². The second-order valence-electron chi connectivity index (χ2n) is 9.96. The number of piperazine rings is 1. The van der Waals surface area contributed by atoms with E-state index in [0.29, 0.717) is 30.7 Å². The topological polar surface area (TPSA) is 53.1 Å². The third-order valence-electron chi connectivity index (χ3n) is 7.67. The number of fused-ring (bicyclic) bond motifs is 1. The van der Waals surface area contributed by atoms with Gasteiger partial charge in [-0.1, -0.05) is 6.07 Å². The van der Waals surface area contributed by atoms with Gasteiger partial charge in [0.2, 0.25) is 5.91 Å². The summed E-state index contributed by atoms with van der Waals surface area (Å²) in [4.78, 5) is 30.8. The highest BCUT2D eigenvalue weighted by atomic mass is 19.4. The molecule has 6 nitrogen and oxygen atoms in total. The summed E-state index contributed by atoms with van der Waals surface area (Å²) in [7, 11) is 2.88. The van der Waals surface area contributed by atoms with E-state index in [2.05, 4.69) is 0 Å². The number of hydrogen-bond donors (Lipinski definition) is 0. The number of nitrogens with zero attached hydrogens (tertiary/aromatic N) is 3. The van der Waals surface area contributed by atoms with E-state index in [1.807, 2.05) is 13.0 Å². The van der Waals surface area contributed by atoms with E-state index in [-0.39, 0.29) is 36.7 Å². The van der Waals surface area contributed by atoms with Crippen LogP contribution in [0.15, 0.2) is 36.4 Å². The smallest absolute Gasteiger partial charge is 0.416 e. The summed E-state index contributed by atoms with van der Waals surface area (Å²) in [6.45, 7) is 3.68. The van der Waals surface area contributed by atoms with Crippen molar-refractivity contribution in [2.45, 2.75) is 57.2 Å². The quantitative estimate of drug-likeness (QED) is 0.421. The van der Waals surface area contributed by atoms with Gasteiger partial charge in [-0.2, -0.15) is 26.3 Å². The van der Waals surface area contributed by atoms with Gasteiger partial charge >= 0.3 is 18.4 Å². The number of carbonyl (C=O) groups excluding carboxylic acids is 2. The van der Waals surface area contributed by atoms with Crippen LogP contribution in [0.5, 0.6) is 5.75 Å². The minimum Gasteiger partial charge on any atom is -0.497 e. The molecule has 2 aliphatic heterocycles. The van der Waals surface area contributed by atoms with Gasteiger partial charge in [-0.15, -0.1) is 0 Å². The molecule has 0 unspecified atom stereocenters. The summed E-state index contributed by atoms with van der Waals surface area (Å²) in [5.74, 6) is 0.591.